The number of alkyl carbamates (subject to hydrolysis) is 1. The first kappa shape index (κ1) is 13.7. The summed E-state index contributed by atoms with van der Waals surface area (Å²) in [6.45, 7) is 0.228. The predicted molar refractivity (Wildman–Crippen MR) is 70.5 cm³/mol. The van der Waals surface area contributed by atoms with Gasteiger partial charge in [-0.3, -0.25) is 0 Å². The van der Waals surface area contributed by atoms with Gasteiger partial charge in [-0.15, -0.1) is 24.7 Å². The van der Waals surface area contributed by atoms with Gasteiger partial charge in [-0.05, 0) is 5.56 Å². The van der Waals surface area contributed by atoms with Crippen molar-refractivity contribution in [3.63, 3.8) is 0 Å². The van der Waals surface area contributed by atoms with Gasteiger partial charge >= 0.3 is 6.09 Å². The van der Waals surface area contributed by atoms with Crippen molar-refractivity contribution in [3.8, 4) is 24.7 Å². The molecule has 3 heteroatoms. The van der Waals surface area contributed by atoms with Crippen LogP contribution in [0.1, 0.15) is 18.4 Å². The van der Waals surface area contributed by atoms with Crippen molar-refractivity contribution in [2.75, 3.05) is 0 Å². The Labute approximate surface area is 108 Å². The van der Waals surface area contributed by atoms with Gasteiger partial charge in [0.2, 0.25) is 0 Å². The van der Waals surface area contributed by atoms with Gasteiger partial charge in [0.15, 0.2) is 0 Å². The highest BCUT2D eigenvalue weighted by atomic mass is 16.5. The molecule has 0 aliphatic carbocycles. The Kier molecular flexibility index (Phi) is 5.94. The summed E-state index contributed by atoms with van der Waals surface area (Å²) in [6, 6.07) is 9.20. The van der Waals surface area contributed by atoms with Crippen molar-refractivity contribution in [1.82, 2.24) is 5.32 Å². The molecule has 1 amide bonds. The van der Waals surface area contributed by atoms with Crippen LogP contribution in [0, 0.1) is 24.7 Å². The number of hydrogen-bond acceptors (Lipinski definition) is 2. The standard InChI is InChI=1S/C15H15NO2/c1-3-8-14(9-4-2)16-15(17)18-12-13-10-6-5-7-11-13/h1-2,5-7,10-11,14H,8-9,12H2,(H,16,17). The molecule has 0 atom stereocenters. The Balaban J connectivity index is 2.37. The zero-order chi connectivity index (χ0) is 13.2. The second-order valence-electron chi connectivity index (χ2n) is 3.72. The van der Waals surface area contributed by atoms with Crippen LogP contribution >= 0.6 is 0 Å². The van der Waals surface area contributed by atoms with Gasteiger partial charge in [-0.1, -0.05) is 30.3 Å². The average Bonchev–Trinajstić information content (AvgIpc) is 2.38. The van der Waals surface area contributed by atoms with Crippen LogP contribution in [-0.4, -0.2) is 12.1 Å². The molecule has 0 bridgehead atoms. The molecule has 1 N–H and O–H groups in total. The molecule has 0 aliphatic heterocycles. The maximum atomic E-state index is 11.5. The number of benzene rings is 1. The van der Waals surface area contributed by atoms with Crippen LogP contribution in [0.2, 0.25) is 0 Å². The number of carbonyl (C=O) groups excluding carboxylic acids is 1. The summed E-state index contributed by atoms with van der Waals surface area (Å²) in [7, 11) is 0. The quantitative estimate of drug-likeness (QED) is 0.803. The smallest absolute Gasteiger partial charge is 0.407 e. The molecule has 1 aromatic carbocycles. The molecule has 0 aliphatic rings. The van der Waals surface area contributed by atoms with E-state index in [-0.39, 0.29) is 12.6 Å². The summed E-state index contributed by atoms with van der Waals surface area (Å²) in [5, 5.41) is 2.64. The molecule has 0 unspecified atom stereocenters. The van der Waals surface area contributed by atoms with Gasteiger partial charge in [0.05, 0.1) is 6.04 Å². The van der Waals surface area contributed by atoms with Crippen molar-refractivity contribution in [2.24, 2.45) is 0 Å². The minimum absolute atomic E-state index is 0.228. The van der Waals surface area contributed by atoms with E-state index in [2.05, 4.69) is 17.2 Å². The average molecular weight is 241 g/mol. The molecule has 3 nitrogen and oxygen atoms in total. The summed E-state index contributed by atoms with van der Waals surface area (Å²) in [6.07, 6.45) is 10.7. The van der Waals surface area contributed by atoms with E-state index in [0.29, 0.717) is 12.8 Å². The van der Waals surface area contributed by atoms with E-state index >= 15 is 0 Å². The second kappa shape index (κ2) is 7.81. The normalized spacial score (nSPS) is 9.28. The molecule has 1 rings (SSSR count). The number of nitrogens with one attached hydrogen (secondary N) is 1. The van der Waals surface area contributed by atoms with Gasteiger partial charge in [-0.25, -0.2) is 4.79 Å². The van der Waals surface area contributed by atoms with Crippen molar-refractivity contribution in [1.29, 1.82) is 0 Å². The summed E-state index contributed by atoms with van der Waals surface area (Å²) in [5.74, 6) is 4.93. The van der Waals surface area contributed by atoms with Gasteiger partial charge < -0.3 is 10.1 Å². The largest absolute Gasteiger partial charge is 0.445 e. The summed E-state index contributed by atoms with van der Waals surface area (Å²) < 4.78 is 5.06. The molecule has 0 spiro atoms. The monoisotopic (exact) mass is 241 g/mol. The molecule has 0 aromatic heterocycles. The molecule has 18 heavy (non-hydrogen) atoms. The topological polar surface area (TPSA) is 38.3 Å². The van der Waals surface area contributed by atoms with Crippen LogP contribution < -0.4 is 5.32 Å². The van der Waals surface area contributed by atoms with E-state index in [1.807, 2.05) is 30.3 Å². The molecule has 0 fully saturated rings. The first-order valence-electron chi connectivity index (χ1n) is 5.60. The van der Waals surface area contributed by atoms with Gasteiger partial charge in [0.25, 0.3) is 0 Å². The van der Waals surface area contributed by atoms with E-state index in [1.165, 1.54) is 0 Å². The lowest BCUT2D eigenvalue weighted by molar-refractivity contribution is 0.136. The third-order valence-corrected chi connectivity index (χ3v) is 2.26. The maximum Gasteiger partial charge on any atom is 0.407 e. The van der Waals surface area contributed by atoms with Crippen LogP contribution in [0.4, 0.5) is 4.79 Å². The lowest BCUT2D eigenvalue weighted by atomic mass is 10.1. The zero-order valence-corrected chi connectivity index (χ0v) is 10.1. The fourth-order valence-corrected chi connectivity index (χ4v) is 1.39. The van der Waals surface area contributed by atoms with E-state index in [0.717, 1.165) is 5.56 Å². The van der Waals surface area contributed by atoms with Gasteiger partial charge in [0.1, 0.15) is 6.61 Å². The first-order valence-corrected chi connectivity index (χ1v) is 5.60. The molecule has 0 radical (unpaired) electrons. The summed E-state index contributed by atoms with van der Waals surface area (Å²) in [4.78, 5) is 11.5. The molecule has 0 saturated heterocycles. The zero-order valence-electron chi connectivity index (χ0n) is 10.1. The Hall–Kier alpha value is -2.39. The fraction of sp³-hybridized carbons (Fsp3) is 0.267. The Morgan fingerprint density at radius 2 is 1.83 bits per heavy atom. The van der Waals surface area contributed by atoms with Crippen molar-refractivity contribution in [3.05, 3.63) is 35.9 Å². The number of terminal acetylenes is 2. The highest BCUT2D eigenvalue weighted by Gasteiger charge is 2.10. The molecular formula is C15H15NO2. The molecule has 1 aromatic rings. The van der Waals surface area contributed by atoms with Crippen molar-refractivity contribution < 1.29 is 9.53 Å². The van der Waals surface area contributed by atoms with Gasteiger partial charge in [0, 0.05) is 12.8 Å². The van der Waals surface area contributed by atoms with Crippen molar-refractivity contribution >= 4 is 6.09 Å². The lowest BCUT2D eigenvalue weighted by Crippen LogP contribution is -2.34. The van der Waals surface area contributed by atoms with Crippen LogP contribution in [0.25, 0.3) is 0 Å². The van der Waals surface area contributed by atoms with Crippen LogP contribution in [0.3, 0.4) is 0 Å². The van der Waals surface area contributed by atoms with E-state index in [9.17, 15) is 4.79 Å². The summed E-state index contributed by atoms with van der Waals surface area (Å²) >= 11 is 0. The van der Waals surface area contributed by atoms with Crippen LogP contribution in [0.15, 0.2) is 30.3 Å². The van der Waals surface area contributed by atoms with Crippen LogP contribution in [0.5, 0.6) is 0 Å². The van der Waals surface area contributed by atoms with E-state index < -0.39 is 6.09 Å². The Morgan fingerprint density at radius 1 is 1.22 bits per heavy atom. The third kappa shape index (κ3) is 5.09. The molecule has 92 valence electrons. The number of hydrogen-bond donors (Lipinski definition) is 1. The van der Waals surface area contributed by atoms with Crippen LogP contribution in [-0.2, 0) is 11.3 Å². The number of ether oxygens (including phenoxy) is 1. The lowest BCUT2D eigenvalue weighted by Gasteiger charge is -2.13. The first-order chi connectivity index (χ1) is 8.76. The molecular weight excluding hydrogens is 226 g/mol. The van der Waals surface area contributed by atoms with E-state index in [4.69, 9.17) is 17.6 Å². The third-order valence-electron chi connectivity index (χ3n) is 2.26. The fourth-order valence-electron chi connectivity index (χ4n) is 1.39. The minimum atomic E-state index is -0.505. The Morgan fingerprint density at radius 3 is 2.39 bits per heavy atom. The SMILES string of the molecule is C#CCC(CC#C)NC(=O)OCc1ccccc1. The maximum absolute atomic E-state index is 11.5. The number of amides is 1. The highest BCUT2D eigenvalue weighted by molar-refractivity contribution is 5.67. The van der Waals surface area contributed by atoms with Gasteiger partial charge in [-0.2, -0.15) is 0 Å². The molecule has 0 heterocycles. The Bertz CT molecular complexity index is 438. The number of rotatable bonds is 5. The highest BCUT2D eigenvalue weighted by Crippen LogP contribution is 2.02. The van der Waals surface area contributed by atoms with E-state index in [1.54, 1.807) is 0 Å². The second-order valence-corrected chi connectivity index (χ2v) is 3.72. The molecule has 0 saturated carbocycles. The summed E-state index contributed by atoms with van der Waals surface area (Å²) in [5.41, 5.74) is 0.929. The number of carbonyl (C=O) groups is 1. The predicted octanol–water partition coefficient (Wildman–Crippen LogP) is 2.33. The minimum Gasteiger partial charge on any atom is -0.445 e. The van der Waals surface area contributed by atoms with Crippen molar-refractivity contribution in [2.45, 2.75) is 25.5 Å².